The molecule has 0 fully saturated rings. The zero-order valence-electron chi connectivity index (χ0n) is 10.1. The molecule has 0 bridgehead atoms. The first-order chi connectivity index (χ1) is 9.67. The lowest BCUT2D eigenvalue weighted by molar-refractivity contribution is 0.627. The summed E-state index contributed by atoms with van der Waals surface area (Å²) >= 11 is 0. The molecule has 0 atom stereocenters. The Balaban J connectivity index is 2.10. The third-order valence-corrected chi connectivity index (χ3v) is 2.66. The van der Waals surface area contributed by atoms with Gasteiger partial charge in [0.05, 0.1) is 17.6 Å². The third-order valence-electron chi connectivity index (χ3n) is 2.66. The van der Waals surface area contributed by atoms with Gasteiger partial charge in [-0.15, -0.1) is 0 Å². The fraction of sp³-hybridized carbons (Fsp3) is 0. The van der Waals surface area contributed by atoms with Crippen molar-refractivity contribution in [1.82, 2.24) is 19.9 Å². The maximum absolute atomic E-state index is 13.1. The average Bonchev–Trinajstić information content (AvgIpc) is 2.88. The SMILES string of the molecule is N#Cc1cc(F)ccc1Nc1nc(N)nc2nc[nH]c12. The molecule has 0 spiro atoms. The van der Waals surface area contributed by atoms with Gasteiger partial charge in [-0.2, -0.15) is 15.2 Å². The number of aromatic amines is 1. The lowest BCUT2D eigenvalue weighted by Gasteiger charge is -2.08. The maximum atomic E-state index is 13.1. The predicted molar refractivity (Wildman–Crippen MR) is 70.5 cm³/mol. The molecular formula is C12H8FN7. The summed E-state index contributed by atoms with van der Waals surface area (Å²) in [6, 6.07) is 5.75. The number of benzene rings is 1. The van der Waals surface area contributed by atoms with E-state index < -0.39 is 5.82 Å². The number of nitrogens with zero attached hydrogens (tertiary/aromatic N) is 4. The molecule has 7 nitrogen and oxygen atoms in total. The van der Waals surface area contributed by atoms with E-state index in [9.17, 15) is 4.39 Å². The highest BCUT2D eigenvalue weighted by Crippen LogP contribution is 2.24. The molecule has 0 radical (unpaired) electrons. The third kappa shape index (κ3) is 1.97. The number of hydrogen-bond acceptors (Lipinski definition) is 6. The number of hydrogen-bond donors (Lipinski definition) is 3. The van der Waals surface area contributed by atoms with Gasteiger partial charge >= 0.3 is 0 Å². The van der Waals surface area contributed by atoms with Crippen molar-refractivity contribution in [2.45, 2.75) is 0 Å². The number of nitrogens with one attached hydrogen (secondary N) is 2. The van der Waals surface area contributed by atoms with Crippen LogP contribution in [0, 0.1) is 17.1 Å². The zero-order valence-corrected chi connectivity index (χ0v) is 10.1. The Morgan fingerprint density at radius 3 is 3.00 bits per heavy atom. The summed E-state index contributed by atoms with van der Waals surface area (Å²) in [6.45, 7) is 0. The Labute approximate surface area is 112 Å². The summed E-state index contributed by atoms with van der Waals surface area (Å²) in [5.74, 6) is -0.0678. The van der Waals surface area contributed by atoms with E-state index in [1.807, 2.05) is 6.07 Å². The highest BCUT2D eigenvalue weighted by molar-refractivity contribution is 5.86. The van der Waals surface area contributed by atoms with Crippen LogP contribution < -0.4 is 11.1 Å². The van der Waals surface area contributed by atoms with Crippen molar-refractivity contribution in [3.05, 3.63) is 35.9 Å². The van der Waals surface area contributed by atoms with Crippen LogP contribution in [0.5, 0.6) is 0 Å². The normalized spacial score (nSPS) is 10.4. The smallest absolute Gasteiger partial charge is 0.224 e. The molecule has 0 aliphatic carbocycles. The fourth-order valence-corrected chi connectivity index (χ4v) is 1.79. The molecule has 0 amide bonds. The molecule has 20 heavy (non-hydrogen) atoms. The minimum atomic E-state index is -0.485. The molecule has 0 aliphatic rings. The highest BCUT2D eigenvalue weighted by Gasteiger charge is 2.11. The predicted octanol–water partition coefficient (Wildman–Crippen LogP) is 1.69. The summed E-state index contributed by atoms with van der Waals surface area (Å²) in [5, 5.41) is 11.9. The minimum absolute atomic E-state index is 0.0488. The number of aromatic nitrogens is 4. The number of nitriles is 1. The Bertz CT molecular complexity index is 833. The van der Waals surface area contributed by atoms with Gasteiger partial charge in [-0.1, -0.05) is 0 Å². The van der Waals surface area contributed by atoms with E-state index in [0.29, 0.717) is 22.7 Å². The van der Waals surface area contributed by atoms with E-state index in [2.05, 4.69) is 25.3 Å². The van der Waals surface area contributed by atoms with E-state index >= 15 is 0 Å². The molecule has 2 heterocycles. The van der Waals surface area contributed by atoms with Gasteiger partial charge in [0.15, 0.2) is 11.5 Å². The standard InChI is InChI=1S/C12H8FN7/c13-7-1-2-8(6(3-7)4-14)18-11-9-10(17-5-16-9)19-12(15)20-11/h1-3,5H,(H4,15,16,17,18,19,20). The molecule has 0 aliphatic heterocycles. The van der Waals surface area contributed by atoms with Crippen LogP contribution in [-0.2, 0) is 0 Å². The Morgan fingerprint density at radius 2 is 2.20 bits per heavy atom. The van der Waals surface area contributed by atoms with Gasteiger partial charge in [0.2, 0.25) is 5.95 Å². The largest absolute Gasteiger partial charge is 0.368 e. The number of imidazole rings is 1. The molecule has 3 aromatic rings. The van der Waals surface area contributed by atoms with Gasteiger partial charge in [-0.25, -0.2) is 9.37 Å². The van der Waals surface area contributed by atoms with Crippen LogP contribution in [0.4, 0.5) is 21.8 Å². The molecular weight excluding hydrogens is 261 g/mol. The number of nitrogen functional groups attached to an aromatic ring is 1. The van der Waals surface area contributed by atoms with E-state index in [4.69, 9.17) is 11.0 Å². The molecule has 8 heteroatoms. The zero-order chi connectivity index (χ0) is 14.1. The van der Waals surface area contributed by atoms with Gasteiger partial charge < -0.3 is 16.0 Å². The summed E-state index contributed by atoms with van der Waals surface area (Å²) in [6.07, 6.45) is 1.46. The van der Waals surface area contributed by atoms with Gasteiger partial charge in [0.1, 0.15) is 17.4 Å². The van der Waals surface area contributed by atoms with Crippen molar-refractivity contribution in [2.75, 3.05) is 11.1 Å². The monoisotopic (exact) mass is 269 g/mol. The summed E-state index contributed by atoms with van der Waals surface area (Å²) in [4.78, 5) is 14.9. The molecule has 3 rings (SSSR count). The van der Waals surface area contributed by atoms with Crippen molar-refractivity contribution in [3.8, 4) is 6.07 Å². The summed E-state index contributed by atoms with van der Waals surface area (Å²) in [7, 11) is 0. The number of halogens is 1. The van der Waals surface area contributed by atoms with Crippen molar-refractivity contribution in [1.29, 1.82) is 5.26 Å². The summed E-state index contributed by atoms with van der Waals surface area (Å²) in [5.41, 5.74) is 7.12. The molecule has 2 aromatic heterocycles. The van der Waals surface area contributed by atoms with Crippen LogP contribution in [0.15, 0.2) is 24.5 Å². The van der Waals surface area contributed by atoms with E-state index in [-0.39, 0.29) is 11.5 Å². The first kappa shape index (κ1) is 11.9. The van der Waals surface area contributed by atoms with E-state index in [1.54, 1.807) is 0 Å². The molecule has 98 valence electrons. The van der Waals surface area contributed by atoms with Gasteiger partial charge in [0, 0.05) is 0 Å². The van der Waals surface area contributed by atoms with E-state index in [0.717, 1.165) is 6.07 Å². The second-order valence-electron chi connectivity index (χ2n) is 3.96. The minimum Gasteiger partial charge on any atom is -0.368 e. The molecule has 0 saturated heterocycles. The lowest BCUT2D eigenvalue weighted by Crippen LogP contribution is -2.02. The lowest BCUT2D eigenvalue weighted by atomic mass is 10.2. The molecule has 1 aromatic carbocycles. The summed E-state index contributed by atoms with van der Waals surface area (Å²) < 4.78 is 13.1. The molecule has 0 unspecified atom stereocenters. The Hall–Kier alpha value is -3.21. The second kappa shape index (κ2) is 4.47. The highest BCUT2D eigenvalue weighted by atomic mass is 19.1. The number of nitrogens with two attached hydrogens (primary N) is 1. The van der Waals surface area contributed by atoms with Crippen LogP contribution >= 0.6 is 0 Å². The molecule has 0 saturated carbocycles. The second-order valence-corrected chi connectivity index (χ2v) is 3.96. The average molecular weight is 269 g/mol. The van der Waals surface area contributed by atoms with Crippen molar-refractivity contribution in [3.63, 3.8) is 0 Å². The van der Waals surface area contributed by atoms with Gasteiger partial charge in [-0.05, 0) is 18.2 Å². The van der Waals surface area contributed by atoms with Crippen LogP contribution in [0.1, 0.15) is 5.56 Å². The Kier molecular flexibility index (Phi) is 2.65. The first-order valence-corrected chi connectivity index (χ1v) is 5.60. The Morgan fingerprint density at radius 1 is 1.35 bits per heavy atom. The maximum Gasteiger partial charge on any atom is 0.224 e. The molecule has 4 N–H and O–H groups in total. The van der Waals surface area contributed by atoms with Gasteiger partial charge in [0.25, 0.3) is 0 Å². The van der Waals surface area contributed by atoms with Crippen LogP contribution in [0.3, 0.4) is 0 Å². The quantitative estimate of drug-likeness (QED) is 0.651. The topological polar surface area (TPSA) is 116 Å². The van der Waals surface area contributed by atoms with Crippen molar-refractivity contribution < 1.29 is 4.39 Å². The van der Waals surface area contributed by atoms with E-state index in [1.165, 1.54) is 18.5 Å². The van der Waals surface area contributed by atoms with Crippen LogP contribution in [0.2, 0.25) is 0 Å². The van der Waals surface area contributed by atoms with Crippen LogP contribution in [-0.4, -0.2) is 19.9 Å². The number of H-pyrrole nitrogens is 1. The van der Waals surface area contributed by atoms with Crippen LogP contribution in [0.25, 0.3) is 11.2 Å². The fourth-order valence-electron chi connectivity index (χ4n) is 1.79. The number of fused-ring (bicyclic) bond motifs is 1. The first-order valence-electron chi connectivity index (χ1n) is 5.60. The number of anilines is 3. The number of rotatable bonds is 2. The van der Waals surface area contributed by atoms with Gasteiger partial charge in [-0.3, -0.25) is 0 Å². The van der Waals surface area contributed by atoms with Crippen molar-refractivity contribution in [2.24, 2.45) is 0 Å². The van der Waals surface area contributed by atoms with Crippen molar-refractivity contribution >= 4 is 28.6 Å².